The van der Waals surface area contributed by atoms with Gasteiger partial charge in [0.05, 0.1) is 30.8 Å². The van der Waals surface area contributed by atoms with Crippen LogP contribution in [-0.4, -0.2) is 18.0 Å². The van der Waals surface area contributed by atoms with Gasteiger partial charge in [0.1, 0.15) is 11.3 Å². The highest BCUT2D eigenvalue weighted by molar-refractivity contribution is 5.88. The molecule has 26 heavy (non-hydrogen) atoms. The molecule has 0 N–H and O–H groups in total. The van der Waals surface area contributed by atoms with E-state index in [4.69, 9.17) is 13.9 Å². The summed E-state index contributed by atoms with van der Waals surface area (Å²) >= 11 is 0. The quantitative estimate of drug-likeness (QED) is 0.296. The molecule has 0 aliphatic heterocycles. The molecule has 0 aliphatic rings. The molecule has 1 heterocycles. The Morgan fingerprint density at radius 2 is 2.00 bits per heavy atom. The van der Waals surface area contributed by atoms with Crippen molar-refractivity contribution in [1.29, 1.82) is 0 Å². The van der Waals surface area contributed by atoms with E-state index in [9.17, 15) is 14.9 Å². The fraction of sp³-hybridized carbons (Fsp3) is 0.211. The number of methoxy groups -OCH3 is 1. The first kappa shape index (κ1) is 17.5. The lowest BCUT2D eigenvalue weighted by atomic mass is 10.0. The molecule has 134 valence electrons. The van der Waals surface area contributed by atoms with Gasteiger partial charge in [-0.15, -0.1) is 0 Å². The van der Waals surface area contributed by atoms with Crippen LogP contribution in [0.5, 0.6) is 11.5 Å². The molecule has 0 fully saturated rings. The standard InChI is InChI=1S/C19H17NO6/c1-11-4-6-15-13(10-25-19(15)12(11)2)8-18(21)26-17-7-5-14(24-3)9-16(17)20(22)23/h4-7,9-10H,8H2,1-3H3. The number of carbonyl (C=O) groups is 1. The predicted molar refractivity (Wildman–Crippen MR) is 94.7 cm³/mol. The molecule has 0 atom stereocenters. The van der Waals surface area contributed by atoms with E-state index in [0.717, 1.165) is 22.1 Å². The van der Waals surface area contributed by atoms with Gasteiger partial charge in [-0.05, 0) is 37.1 Å². The Kier molecular flexibility index (Phi) is 4.62. The minimum Gasteiger partial charge on any atom is -0.496 e. The number of nitrogens with zero attached hydrogens (tertiary/aromatic N) is 1. The zero-order valence-electron chi connectivity index (χ0n) is 14.6. The van der Waals surface area contributed by atoms with Gasteiger partial charge in [0.2, 0.25) is 5.75 Å². The molecule has 0 unspecified atom stereocenters. The molecule has 3 rings (SSSR count). The number of hydrogen-bond acceptors (Lipinski definition) is 6. The molecule has 3 aromatic rings. The average Bonchev–Trinajstić information content (AvgIpc) is 3.01. The van der Waals surface area contributed by atoms with Gasteiger partial charge in [0, 0.05) is 10.9 Å². The molecule has 0 saturated heterocycles. The van der Waals surface area contributed by atoms with Crippen LogP contribution in [0.15, 0.2) is 41.0 Å². The van der Waals surface area contributed by atoms with Gasteiger partial charge in [-0.3, -0.25) is 14.9 Å². The number of fused-ring (bicyclic) bond motifs is 1. The molecule has 2 aromatic carbocycles. The van der Waals surface area contributed by atoms with Crippen LogP contribution in [0.1, 0.15) is 16.7 Å². The normalized spacial score (nSPS) is 10.7. The smallest absolute Gasteiger partial charge is 0.316 e. The average molecular weight is 355 g/mol. The molecule has 0 saturated carbocycles. The number of furan rings is 1. The van der Waals surface area contributed by atoms with E-state index < -0.39 is 10.9 Å². The number of hydrogen-bond donors (Lipinski definition) is 0. The molecule has 0 bridgehead atoms. The molecule has 7 heteroatoms. The van der Waals surface area contributed by atoms with Crippen molar-refractivity contribution in [2.75, 3.05) is 7.11 Å². The lowest BCUT2D eigenvalue weighted by molar-refractivity contribution is -0.385. The molecule has 1 aromatic heterocycles. The molecule has 7 nitrogen and oxygen atoms in total. The second-order valence-corrected chi connectivity index (χ2v) is 5.89. The molecule has 0 aliphatic carbocycles. The highest BCUT2D eigenvalue weighted by Crippen LogP contribution is 2.32. The van der Waals surface area contributed by atoms with Crippen LogP contribution in [0.3, 0.4) is 0 Å². The van der Waals surface area contributed by atoms with Crippen LogP contribution >= 0.6 is 0 Å². The molecule has 0 amide bonds. The Bertz CT molecular complexity index is 1000. The van der Waals surface area contributed by atoms with Crippen molar-refractivity contribution in [3.63, 3.8) is 0 Å². The van der Waals surface area contributed by atoms with E-state index in [0.29, 0.717) is 11.3 Å². The second-order valence-electron chi connectivity index (χ2n) is 5.89. The Balaban J connectivity index is 1.84. The predicted octanol–water partition coefficient (Wildman–Crippen LogP) is 4.11. The summed E-state index contributed by atoms with van der Waals surface area (Å²) in [7, 11) is 1.40. The topological polar surface area (TPSA) is 91.8 Å². The lowest BCUT2D eigenvalue weighted by Gasteiger charge is -2.06. The molecular formula is C19H17NO6. The van der Waals surface area contributed by atoms with E-state index in [1.54, 1.807) is 0 Å². The van der Waals surface area contributed by atoms with Crippen molar-refractivity contribution in [2.24, 2.45) is 0 Å². The summed E-state index contributed by atoms with van der Waals surface area (Å²) < 4.78 is 15.7. The van der Waals surface area contributed by atoms with Crippen LogP contribution in [0, 0.1) is 24.0 Å². The third-order valence-corrected chi connectivity index (χ3v) is 4.26. The van der Waals surface area contributed by atoms with Crippen LogP contribution in [0.2, 0.25) is 0 Å². The summed E-state index contributed by atoms with van der Waals surface area (Å²) in [5, 5.41) is 12.0. The van der Waals surface area contributed by atoms with Crippen molar-refractivity contribution in [1.82, 2.24) is 0 Å². The number of ether oxygens (including phenoxy) is 2. The summed E-state index contributed by atoms with van der Waals surface area (Å²) in [6, 6.07) is 7.89. The number of nitro benzene ring substituents is 1. The minimum atomic E-state index is -0.621. The fourth-order valence-corrected chi connectivity index (χ4v) is 2.69. The van der Waals surface area contributed by atoms with Gasteiger partial charge in [-0.2, -0.15) is 0 Å². The number of rotatable bonds is 5. The maximum absolute atomic E-state index is 12.3. The van der Waals surface area contributed by atoms with Crippen LogP contribution in [0.4, 0.5) is 5.69 Å². The van der Waals surface area contributed by atoms with Gasteiger partial charge in [-0.25, -0.2) is 0 Å². The van der Waals surface area contributed by atoms with Crippen molar-refractivity contribution < 1.29 is 23.6 Å². The Labute approximate surface area is 149 Å². The van der Waals surface area contributed by atoms with Crippen LogP contribution in [0.25, 0.3) is 11.0 Å². The first-order chi connectivity index (χ1) is 12.4. The lowest BCUT2D eigenvalue weighted by Crippen LogP contribution is -2.12. The van der Waals surface area contributed by atoms with Crippen LogP contribution < -0.4 is 9.47 Å². The summed E-state index contributed by atoms with van der Waals surface area (Å²) in [6.45, 7) is 3.93. The zero-order valence-corrected chi connectivity index (χ0v) is 14.6. The molecule has 0 spiro atoms. The van der Waals surface area contributed by atoms with E-state index >= 15 is 0 Å². The van der Waals surface area contributed by atoms with E-state index in [2.05, 4.69) is 0 Å². The Morgan fingerprint density at radius 3 is 2.69 bits per heavy atom. The summed E-state index contributed by atoms with van der Waals surface area (Å²) in [6.07, 6.45) is 1.46. The van der Waals surface area contributed by atoms with E-state index in [1.807, 2.05) is 26.0 Å². The molecular weight excluding hydrogens is 338 g/mol. The summed E-state index contributed by atoms with van der Waals surface area (Å²) in [5.41, 5.74) is 3.16. The number of carbonyl (C=O) groups excluding carboxylic acids is 1. The Morgan fingerprint density at radius 1 is 1.23 bits per heavy atom. The Hall–Kier alpha value is -3.35. The van der Waals surface area contributed by atoms with Gasteiger partial charge in [-0.1, -0.05) is 12.1 Å². The monoisotopic (exact) mass is 355 g/mol. The highest BCUT2D eigenvalue weighted by atomic mass is 16.6. The number of benzene rings is 2. The maximum atomic E-state index is 12.3. The number of nitro groups is 1. The largest absolute Gasteiger partial charge is 0.496 e. The van der Waals surface area contributed by atoms with Crippen molar-refractivity contribution in [3.8, 4) is 11.5 Å². The number of esters is 1. The third kappa shape index (κ3) is 3.23. The fourth-order valence-electron chi connectivity index (χ4n) is 2.69. The summed E-state index contributed by atoms with van der Waals surface area (Å²) in [5.74, 6) is -0.428. The van der Waals surface area contributed by atoms with E-state index in [-0.39, 0.29) is 17.9 Å². The zero-order chi connectivity index (χ0) is 18.8. The first-order valence-corrected chi connectivity index (χ1v) is 7.90. The summed E-state index contributed by atoms with van der Waals surface area (Å²) in [4.78, 5) is 22.8. The third-order valence-electron chi connectivity index (χ3n) is 4.26. The second kappa shape index (κ2) is 6.87. The van der Waals surface area contributed by atoms with Crippen LogP contribution in [-0.2, 0) is 11.2 Å². The van der Waals surface area contributed by atoms with Crippen molar-refractivity contribution in [2.45, 2.75) is 20.3 Å². The van der Waals surface area contributed by atoms with Crippen molar-refractivity contribution >= 4 is 22.6 Å². The van der Waals surface area contributed by atoms with Gasteiger partial charge >= 0.3 is 11.7 Å². The minimum absolute atomic E-state index is 0.0569. The SMILES string of the molecule is COc1ccc(OC(=O)Cc2coc3c(C)c(C)ccc23)c([N+](=O)[O-])c1. The van der Waals surface area contributed by atoms with E-state index in [1.165, 1.54) is 31.6 Å². The first-order valence-electron chi connectivity index (χ1n) is 7.90. The van der Waals surface area contributed by atoms with Gasteiger partial charge < -0.3 is 13.9 Å². The van der Waals surface area contributed by atoms with Gasteiger partial charge in [0.15, 0.2) is 0 Å². The molecule has 0 radical (unpaired) electrons. The van der Waals surface area contributed by atoms with Gasteiger partial charge in [0.25, 0.3) is 0 Å². The van der Waals surface area contributed by atoms with Crippen molar-refractivity contribution in [3.05, 3.63) is 63.4 Å². The number of aryl methyl sites for hydroxylation is 2. The highest BCUT2D eigenvalue weighted by Gasteiger charge is 2.21. The maximum Gasteiger partial charge on any atom is 0.316 e.